The molecular formula is C10H16O6. The number of aliphatic hydroxyl groups is 2. The van der Waals surface area contributed by atoms with E-state index in [2.05, 4.69) is 4.74 Å². The lowest BCUT2D eigenvalue weighted by Gasteiger charge is -2.37. The van der Waals surface area contributed by atoms with Crippen LogP contribution in [0.5, 0.6) is 0 Å². The van der Waals surface area contributed by atoms with Gasteiger partial charge in [-0.1, -0.05) is 0 Å². The van der Waals surface area contributed by atoms with Crippen molar-refractivity contribution in [2.24, 2.45) is 5.92 Å². The first-order valence-electron chi connectivity index (χ1n) is 5.24. The highest BCUT2D eigenvalue weighted by Crippen LogP contribution is 2.34. The van der Waals surface area contributed by atoms with Crippen LogP contribution in [0.3, 0.4) is 0 Å². The SMILES string of the molecule is CCOC(=O)C1(O)CCCC(C(=O)O)C1O. The lowest BCUT2D eigenvalue weighted by Crippen LogP contribution is -2.57. The molecule has 16 heavy (non-hydrogen) atoms. The van der Waals surface area contributed by atoms with Crippen molar-refractivity contribution in [3.63, 3.8) is 0 Å². The van der Waals surface area contributed by atoms with E-state index in [1.54, 1.807) is 6.92 Å². The van der Waals surface area contributed by atoms with Crippen LogP contribution in [0.15, 0.2) is 0 Å². The van der Waals surface area contributed by atoms with Crippen LogP contribution >= 0.6 is 0 Å². The molecule has 0 saturated heterocycles. The Hall–Kier alpha value is -1.14. The standard InChI is InChI=1S/C10H16O6/c1-2-16-9(14)10(15)5-3-4-6(7(10)11)8(12)13/h6-7,11,15H,2-5H2,1H3,(H,12,13). The number of esters is 1. The van der Waals surface area contributed by atoms with E-state index in [0.717, 1.165) is 0 Å². The number of aliphatic carboxylic acids is 1. The maximum Gasteiger partial charge on any atom is 0.340 e. The van der Waals surface area contributed by atoms with E-state index in [-0.39, 0.29) is 19.4 Å². The van der Waals surface area contributed by atoms with Gasteiger partial charge in [0, 0.05) is 0 Å². The van der Waals surface area contributed by atoms with Gasteiger partial charge in [-0.25, -0.2) is 4.79 Å². The first-order chi connectivity index (χ1) is 7.43. The number of ether oxygens (including phenoxy) is 1. The average Bonchev–Trinajstić information content (AvgIpc) is 2.22. The molecule has 1 aliphatic rings. The number of carboxylic acids is 1. The van der Waals surface area contributed by atoms with Gasteiger partial charge in [0.15, 0.2) is 5.60 Å². The molecule has 6 nitrogen and oxygen atoms in total. The summed E-state index contributed by atoms with van der Waals surface area (Å²) in [5.41, 5.74) is -2.09. The molecule has 0 aliphatic heterocycles. The fourth-order valence-electron chi connectivity index (χ4n) is 1.97. The van der Waals surface area contributed by atoms with Gasteiger partial charge in [0.05, 0.1) is 12.5 Å². The third kappa shape index (κ3) is 2.17. The van der Waals surface area contributed by atoms with E-state index < -0.39 is 29.6 Å². The van der Waals surface area contributed by atoms with Gasteiger partial charge in [-0.15, -0.1) is 0 Å². The minimum absolute atomic E-state index is 0.0246. The summed E-state index contributed by atoms with van der Waals surface area (Å²) in [6, 6.07) is 0. The van der Waals surface area contributed by atoms with Crippen molar-refractivity contribution in [2.45, 2.75) is 37.9 Å². The monoisotopic (exact) mass is 232 g/mol. The predicted molar refractivity (Wildman–Crippen MR) is 52.6 cm³/mol. The molecule has 1 fully saturated rings. The van der Waals surface area contributed by atoms with Gasteiger partial charge in [-0.2, -0.15) is 0 Å². The van der Waals surface area contributed by atoms with E-state index in [1.165, 1.54) is 0 Å². The number of rotatable bonds is 3. The molecule has 6 heteroatoms. The van der Waals surface area contributed by atoms with Gasteiger partial charge in [0.2, 0.25) is 0 Å². The molecule has 0 heterocycles. The summed E-state index contributed by atoms with van der Waals surface area (Å²) >= 11 is 0. The van der Waals surface area contributed by atoms with Gasteiger partial charge < -0.3 is 20.1 Å². The molecule has 0 spiro atoms. The maximum absolute atomic E-state index is 11.5. The number of aliphatic hydroxyl groups excluding tert-OH is 1. The van der Waals surface area contributed by atoms with Crippen LogP contribution in [0, 0.1) is 5.92 Å². The first kappa shape index (κ1) is 12.9. The summed E-state index contributed by atoms with van der Waals surface area (Å²) in [5, 5.41) is 28.5. The Kier molecular flexibility index (Phi) is 3.88. The molecule has 0 radical (unpaired) electrons. The zero-order valence-corrected chi connectivity index (χ0v) is 9.05. The van der Waals surface area contributed by atoms with Crippen LogP contribution in [0.2, 0.25) is 0 Å². The van der Waals surface area contributed by atoms with Crippen LogP contribution in [-0.2, 0) is 14.3 Å². The predicted octanol–water partition coefficient (Wildman–Crippen LogP) is -0.474. The Bertz CT molecular complexity index is 289. The highest BCUT2D eigenvalue weighted by atomic mass is 16.6. The van der Waals surface area contributed by atoms with Gasteiger partial charge in [0.25, 0.3) is 0 Å². The second kappa shape index (κ2) is 4.80. The molecule has 3 atom stereocenters. The summed E-state index contributed by atoms with van der Waals surface area (Å²) in [6.07, 6.45) is -0.976. The fourth-order valence-corrected chi connectivity index (χ4v) is 1.97. The Morgan fingerprint density at radius 3 is 2.62 bits per heavy atom. The van der Waals surface area contributed by atoms with Crippen LogP contribution < -0.4 is 0 Å². The van der Waals surface area contributed by atoms with Gasteiger partial charge in [-0.05, 0) is 26.2 Å². The molecule has 0 aromatic heterocycles. The Balaban J connectivity index is 2.86. The first-order valence-corrected chi connectivity index (χ1v) is 5.24. The second-order valence-electron chi connectivity index (χ2n) is 3.93. The van der Waals surface area contributed by atoms with E-state index in [0.29, 0.717) is 6.42 Å². The zero-order valence-electron chi connectivity index (χ0n) is 9.05. The van der Waals surface area contributed by atoms with Crippen molar-refractivity contribution in [1.29, 1.82) is 0 Å². The quantitative estimate of drug-likeness (QED) is 0.568. The third-order valence-corrected chi connectivity index (χ3v) is 2.89. The van der Waals surface area contributed by atoms with Gasteiger partial charge in [-0.3, -0.25) is 4.79 Å². The van der Waals surface area contributed by atoms with Crippen molar-refractivity contribution < 1.29 is 29.6 Å². The summed E-state index contributed by atoms with van der Waals surface area (Å²) in [4.78, 5) is 22.3. The van der Waals surface area contributed by atoms with Crippen molar-refractivity contribution in [3.8, 4) is 0 Å². The maximum atomic E-state index is 11.5. The van der Waals surface area contributed by atoms with E-state index in [1.807, 2.05) is 0 Å². The molecular weight excluding hydrogens is 216 g/mol. The minimum atomic E-state index is -2.09. The fraction of sp³-hybridized carbons (Fsp3) is 0.800. The van der Waals surface area contributed by atoms with E-state index in [4.69, 9.17) is 5.11 Å². The molecule has 3 unspecified atom stereocenters. The molecule has 0 aromatic rings. The number of hydrogen-bond acceptors (Lipinski definition) is 5. The zero-order chi connectivity index (χ0) is 12.3. The summed E-state index contributed by atoms with van der Waals surface area (Å²) < 4.78 is 4.64. The van der Waals surface area contributed by atoms with Crippen molar-refractivity contribution in [2.75, 3.05) is 6.61 Å². The molecule has 1 saturated carbocycles. The van der Waals surface area contributed by atoms with Crippen LogP contribution in [-0.4, -0.2) is 45.6 Å². The van der Waals surface area contributed by atoms with Gasteiger partial charge in [0.1, 0.15) is 6.10 Å². The highest BCUT2D eigenvalue weighted by Gasteiger charge is 2.52. The Labute approximate surface area is 92.8 Å². The van der Waals surface area contributed by atoms with Crippen molar-refractivity contribution >= 4 is 11.9 Å². The van der Waals surface area contributed by atoms with Crippen LogP contribution in [0.4, 0.5) is 0 Å². The third-order valence-electron chi connectivity index (χ3n) is 2.89. The van der Waals surface area contributed by atoms with E-state index >= 15 is 0 Å². The molecule has 92 valence electrons. The normalized spacial score (nSPS) is 34.4. The number of carbonyl (C=O) groups excluding carboxylic acids is 1. The van der Waals surface area contributed by atoms with Crippen LogP contribution in [0.25, 0.3) is 0 Å². The minimum Gasteiger partial charge on any atom is -0.481 e. The highest BCUT2D eigenvalue weighted by molar-refractivity contribution is 5.82. The summed E-state index contributed by atoms with van der Waals surface area (Å²) in [5.74, 6) is -3.29. The molecule has 1 rings (SSSR count). The average molecular weight is 232 g/mol. The van der Waals surface area contributed by atoms with Crippen molar-refractivity contribution in [3.05, 3.63) is 0 Å². The second-order valence-corrected chi connectivity index (χ2v) is 3.93. The Morgan fingerprint density at radius 1 is 1.50 bits per heavy atom. The van der Waals surface area contributed by atoms with E-state index in [9.17, 15) is 19.8 Å². The molecule has 0 aromatic carbocycles. The lowest BCUT2D eigenvalue weighted by atomic mass is 9.75. The molecule has 1 aliphatic carbocycles. The lowest BCUT2D eigenvalue weighted by molar-refractivity contribution is -0.193. The molecule has 3 N–H and O–H groups in total. The topological polar surface area (TPSA) is 104 Å². The van der Waals surface area contributed by atoms with Crippen LogP contribution in [0.1, 0.15) is 26.2 Å². The largest absolute Gasteiger partial charge is 0.481 e. The molecule has 0 bridgehead atoms. The van der Waals surface area contributed by atoms with Crippen molar-refractivity contribution in [1.82, 2.24) is 0 Å². The summed E-state index contributed by atoms with van der Waals surface area (Å²) in [7, 11) is 0. The number of carboxylic acid groups (broad SMARTS) is 1. The smallest absolute Gasteiger partial charge is 0.340 e. The molecule has 0 amide bonds. The number of carbonyl (C=O) groups is 2. The Morgan fingerprint density at radius 2 is 2.12 bits per heavy atom. The van der Waals surface area contributed by atoms with Gasteiger partial charge >= 0.3 is 11.9 Å². The number of hydrogen-bond donors (Lipinski definition) is 3. The summed E-state index contributed by atoms with van der Waals surface area (Å²) in [6.45, 7) is 1.65.